The lowest BCUT2D eigenvalue weighted by Crippen LogP contribution is -2.03. The predicted molar refractivity (Wildman–Crippen MR) is 49.1 cm³/mol. The van der Waals surface area contributed by atoms with Crippen LogP contribution in [0.4, 0.5) is 0 Å². The van der Waals surface area contributed by atoms with Gasteiger partial charge in [-0.1, -0.05) is 13.8 Å². The SMILES string of the molecule is CO/C(C#N)=C/C1C(C(=O)O)C1(C)C. The van der Waals surface area contributed by atoms with E-state index in [1.807, 2.05) is 19.9 Å². The van der Waals surface area contributed by atoms with Crippen molar-refractivity contribution in [1.29, 1.82) is 5.26 Å². The summed E-state index contributed by atoms with van der Waals surface area (Å²) in [4.78, 5) is 10.8. The standard InChI is InChI=1S/C10H13NO3/c1-10(2)7(8(10)9(12)13)4-6(5-11)14-3/h4,7-8H,1-3H3,(H,12,13)/b6-4+. The Balaban J connectivity index is 2.80. The van der Waals surface area contributed by atoms with Crippen LogP contribution in [0.2, 0.25) is 0 Å². The lowest BCUT2D eigenvalue weighted by Gasteiger charge is -1.97. The van der Waals surface area contributed by atoms with Crippen molar-refractivity contribution in [2.75, 3.05) is 7.11 Å². The van der Waals surface area contributed by atoms with E-state index < -0.39 is 11.9 Å². The fourth-order valence-electron chi connectivity index (χ4n) is 1.77. The first-order valence-electron chi connectivity index (χ1n) is 4.34. The zero-order valence-electron chi connectivity index (χ0n) is 8.44. The van der Waals surface area contributed by atoms with Crippen molar-refractivity contribution >= 4 is 5.97 Å². The summed E-state index contributed by atoms with van der Waals surface area (Å²) in [5, 5.41) is 17.5. The number of rotatable bonds is 3. The highest BCUT2D eigenvalue weighted by Gasteiger charge is 2.61. The lowest BCUT2D eigenvalue weighted by atomic mass is 10.1. The Hall–Kier alpha value is -1.50. The summed E-state index contributed by atoms with van der Waals surface area (Å²) in [6, 6.07) is 1.87. The van der Waals surface area contributed by atoms with E-state index >= 15 is 0 Å². The van der Waals surface area contributed by atoms with Crippen molar-refractivity contribution in [1.82, 2.24) is 0 Å². The van der Waals surface area contributed by atoms with Crippen LogP contribution in [-0.2, 0) is 9.53 Å². The van der Waals surface area contributed by atoms with Gasteiger partial charge in [-0.25, -0.2) is 0 Å². The Morgan fingerprint density at radius 2 is 2.21 bits per heavy atom. The average molecular weight is 195 g/mol. The monoisotopic (exact) mass is 195 g/mol. The van der Waals surface area contributed by atoms with Crippen LogP contribution in [0.5, 0.6) is 0 Å². The third-order valence-electron chi connectivity index (χ3n) is 2.84. The molecule has 1 aliphatic carbocycles. The van der Waals surface area contributed by atoms with Crippen molar-refractivity contribution in [3.05, 3.63) is 11.8 Å². The first-order chi connectivity index (χ1) is 6.45. The normalized spacial score (nSPS) is 29.1. The fraction of sp³-hybridized carbons (Fsp3) is 0.600. The van der Waals surface area contributed by atoms with Crippen LogP contribution in [-0.4, -0.2) is 18.2 Å². The van der Waals surface area contributed by atoms with Gasteiger partial charge in [0.05, 0.1) is 13.0 Å². The number of nitriles is 1. The molecule has 1 saturated carbocycles. The molecule has 1 N–H and O–H groups in total. The topological polar surface area (TPSA) is 70.3 Å². The molecule has 0 bridgehead atoms. The molecular formula is C10H13NO3. The van der Waals surface area contributed by atoms with E-state index in [2.05, 4.69) is 0 Å². The molecule has 0 radical (unpaired) electrons. The predicted octanol–water partition coefficient (Wildman–Crippen LogP) is 1.40. The number of carbonyl (C=O) groups is 1. The molecule has 4 nitrogen and oxygen atoms in total. The zero-order valence-corrected chi connectivity index (χ0v) is 8.44. The van der Waals surface area contributed by atoms with E-state index in [9.17, 15) is 4.79 Å². The van der Waals surface area contributed by atoms with Gasteiger partial charge >= 0.3 is 5.97 Å². The number of aliphatic carboxylic acids is 1. The van der Waals surface area contributed by atoms with Crippen LogP contribution in [0.15, 0.2) is 11.8 Å². The first-order valence-corrected chi connectivity index (χ1v) is 4.34. The Labute approximate surface area is 82.8 Å². The molecule has 1 fully saturated rings. The number of hydrogen-bond donors (Lipinski definition) is 1. The summed E-state index contributed by atoms with van der Waals surface area (Å²) in [6.07, 6.45) is 1.60. The molecule has 76 valence electrons. The van der Waals surface area contributed by atoms with Crippen LogP contribution in [0.25, 0.3) is 0 Å². The van der Waals surface area contributed by atoms with E-state index in [0.717, 1.165) is 0 Å². The van der Waals surface area contributed by atoms with Gasteiger partial charge in [0.1, 0.15) is 6.07 Å². The number of allylic oxidation sites excluding steroid dienone is 2. The van der Waals surface area contributed by atoms with Gasteiger partial charge in [0.2, 0.25) is 0 Å². The first kappa shape index (κ1) is 10.6. The smallest absolute Gasteiger partial charge is 0.307 e. The third-order valence-corrected chi connectivity index (χ3v) is 2.84. The van der Waals surface area contributed by atoms with Gasteiger partial charge in [0.15, 0.2) is 5.76 Å². The van der Waals surface area contributed by atoms with Gasteiger partial charge in [-0.05, 0) is 11.5 Å². The molecule has 0 aromatic carbocycles. The number of ether oxygens (including phenoxy) is 1. The van der Waals surface area contributed by atoms with Gasteiger partial charge in [0, 0.05) is 5.92 Å². The summed E-state index contributed by atoms with van der Waals surface area (Å²) in [7, 11) is 1.40. The largest absolute Gasteiger partial charge is 0.487 e. The quantitative estimate of drug-likeness (QED) is 0.545. The Morgan fingerprint density at radius 3 is 2.50 bits per heavy atom. The minimum absolute atomic E-state index is 0.102. The second-order valence-electron chi connectivity index (χ2n) is 4.01. The molecule has 0 amide bonds. The van der Waals surface area contributed by atoms with Crippen LogP contribution >= 0.6 is 0 Å². The van der Waals surface area contributed by atoms with Gasteiger partial charge in [0.25, 0.3) is 0 Å². The maximum absolute atomic E-state index is 10.8. The van der Waals surface area contributed by atoms with E-state index in [4.69, 9.17) is 15.1 Å². The Bertz CT molecular complexity index is 325. The van der Waals surface area contributed by atoms with Gasteiger partial charge in [-0.3, -0.25) is 4.79 Å². The number of hydrogen-bond acceptors (Lipinski definition) is 3. The number of carboxylic acids is 1. The summed E-state index contributed by atoms with van der Waals surface area (Å²) in [6.45, 7) is 3.75. The second kappa shape index (κ2) is 3.33. The summed E-state index contributed by atoms with van der Waals surface area (Å²) in [5.74, 6) is -1.13. The molecule has 0 saturated heterocycles. The van der Waals surface area contributed by atoms with Crippen LogP contribution in [0, 0.1) is 28.6 Å². The Kier molecular flexibility index (Phi) is 2.52. The number of nitrogens with zero attached hydrogens (tertiary/aromatic N) is 1. The minimum Gasteiger partial charge on any atom is -0.487 e. The average Bonchev–Trinajstić information content (AvgIpc) is 2.63. The van der Waals surface area contributed by atoms with Crippen LogP contribution < -0.4 is 0 Å². The number of methoxy groups -OCH3 is 1. The van der Waals surface area contributed by atoms with Crippen molar-refractivity contribution in [2.24, 2.45) is 17.3 Å². The second-order valence-corrected chi connectivity index (χ2v) is 4.01. The van der Waals surface area contributed by atoms with Crippen molar-refractivity contribution in [2.45, 2.75) is 13.8 Å². The molecule has 4 heteroatoms. The highest BCUT2D eigenvalue weighted by atomic mass is 16.5. The summed E-state index contributed by atoms with van der Waals surface area (Å²) in [5.41, 5.74) is -0.271. The molecular weight excluding hydrogens is 182 g/mol. The molecule has 2 atom stereocenters. The minimum atomic E-state index is -0.815. The molecule has 0 aliphatic heterocycles. The van der Waals surface area contributed by atoms with E-state index in [1.54, 1.807) is 6.08 Å². The number of carboxylic acid groups (broad SMARTS) is 1. The maximum Gasteiger partial charge on any atom is 0.307 e. The summed E-state index contributed by atoms with van der Waals surface area (Å²) >= 11 is 0. The van der Waals surface area contributed by atoms with E-state index in [-0.39, 0.29) is 17.1 Å². The highest BCUT2D eigenvalue weighted by molar-refractivity contribution is 5.76. The molecule has 0 spiro atoms. The molecule has 0 aromatic heterocycles. The molecule has 0 aromatic rings. The van der Waals surface area contributed by atoms with Gasteiger partial charge in [-0.15, -0.1) is 0 Å². The van der Waals surface area contributed by atoms with Crippen molar-refractivity contribution in [3.8, 4) is 6.07 Å². The molecule has 1 rings (SSSR count). The molecule has 2 unspecified atom stereocenters. The molecule has 1 aliphatic rings. The molecule has 0 heterocycles. The summed E-state index contributed by atoms with van der Waals surface area (Å²) < 4.78 is 4.78. The third kappa shape index (κ3) is 1.58. The highest BCUT2D eigenvalue weighted by Crippen LogP contribution is 2.59. The van der Waals surface area contributed by atoms with Crippen molar-refractivity contribution in [3.63, 3.8) is 0 Å². The Morgan fingerprint density at radius 1 is 1.64 bits per heavy atom. The van der Waals surface area contributed by atoms with Crippen LogP contribution in [0.3, 0.4) is 0 Å². The zero-order chi connectivity index (χ0) is 10.9. The van der Waals surface area contributed by atoms with Crippen LogP contribution in [0.1, 0.15) is 13.8 Å². The van der Waals surface area contributed by atoms with E-state index in [1.165, 1.54) is 7.11 Å². The fourth-order valence-corrected chi connectivity index (χ4v) is 1.77. The molecule has 14 heavy (non-hydrogen) atoms. The van der Waals surface area contributed by atoms with Gasteiger partial charge in [-0.2, -0.15) is 5.26 Å². The van der Waals surface area contributed by atoms with Gasteiger partial charge < -0.3 is 9.84 Å². The maximum atomic E-state index is 10.8. The lowest BCUT2D eigenvalue weighted by molar-refractivity contribution is -0.139. The van der Waals surface area contributed by atoms with E-state index in [0.29, 0.717) is 0 Å². The van der Waals surface area contributed by atoms with Crippen molar-refractivity contribution < 1.29 is 14.6 Å².